The highest BCUT2D eigenvalue weighted by Gasteiger charge is 2.13. The second kappa shape index (κ2) is 7.08. The lowest BCUT2D eigenvalue weighted by Crippen LogP contribution is -2.77. The third-order valence-corrected chi connectivity index (χ3v) is 2.45. The van der Waals surface area contributed by atoms with Crippen molar-refractivity contribution in [3.63, 3.8) is 0 Å². The van der Waals surface area contributed by atoms with Crippen LogP contribution in [0.3, 0.4) is 0 Å². The van der Waals surface area contributed by atoms with Crippen molar-refractivity contribution in [3.8, 4) is 11.5 Å². The first-order valence-electron chi connectivity index (χ1n) is 5.72. The van der Waals surface area contributed by atoms with Crippen molar-refractivity contribution in [2.75, 3.05) is 20.3 Å². The molecule has 18 heavy (non-hydrogen) atoms. The molecule has 0 aliphatic carbocycles. The number of carbonyl (C=O) groups is 1. The number of hydrogen-bond donors (Lipinski definition) is 2. The van der Waals surface area contributed by atoms with Crippen molar-refractivity contribution in [1.29, 1.82) is 0 Å². The molecule has 1 rings (SSSR count). The average Bonchev–Trinajstić information content (AvgIpc) is 2.28. The largest absolute Gasteiger partial charge is 0.490 e. The third kappa shape index (κ3) is 4.09. The van der Waals surface area contributed by atoms with Crippen molar-refractivity contribution in [1.82, 2.24) is 0 Å². The van der Waals surface area contributed by atoms with Crippen LogP contribution in [-0.2, 0) is 11.3 Å². The van der Waals surface area contributed by atoms with Gasteiger partial charge < -0.3 is 20.5 Å². The second-order valence-electron chi connectivity index (χ2n) is 3.71. The van der Waals surface area contributed by atoms with E-state index in [9.17, 15) is 4.79 Å². The Balaban J connectivity index is 3.01. The van der Waals surface area contributed by atoms with Gasteiger partial charge in [-0.2, -0.15) is 0 Å². The Bertz CT molecular complexity index is 424. The minimum absolute atomic E-state index is 0.223. The Morgan fingerprint density at radius 2 is 2.17 bits per heavy atom. The fourth-order valence-electron chi connectivity index (χ4n) is 1.52. The van der Waals surface area contributed by atoms with Crippen LogP contribution in [0.1, 0.15) is 12.5 Å². The molecule has 0 fully saturated rings. The Hall–Kier alpha value is -1.46. The van der Waals surface area contributed by atoms with Gasteiger partial charge in [-0.3, -0.25) is 4.79 Å². The molecule has 100 valence electrons. The molecule has 6 heteroatoms. The standard InChI is InChI=1S/C12H17ClN2O3/c1-3-17-10-5-8(6-15-2)4-9(13)12(10)18-7-11(14)16/h4-5,15H,3,6-7H2,1-2H3,(H2,14,16)/p+1. The summed E-state index contributed by atoms with van der Waals surface area (Å²) >= 11 is 6.12. The average molecular weight is 274 g/mol. The van der Waals surface area contributed by atoms with E-state index in [-0.39, 0.29) is 6.61 Å². The highest BCUT2D eigenvalue weighted by molar-refractivity contribution is 6.32. The highest BCUT2D eigenvalue weighted by Crippen LogP contribution is 2.36. The number of amides is 1. The highest BCUT2D eigenvalue weighted by atomic mass is 35.5. The van der Waals surface area contributed by atoms with Crippen molar-refractivity contribution >= 4 is 17.5 Å². The molecule has 0 spiro atoms. The van der Waals surface area contributed by atoms with Gasteiger partial charge in [-0.1, -0.05) is 11.6 Å². The summed E-state index contributed by atoms with van der Waals surface area (Å²) in [6.07, 6.45) is 0. The number of halogens is 1. The summed E-state index contributed by atoms with van der Waals surface area (Å²) in [6.45, 7) is 2.92. The van der Waals surface area contributed by atoms with Gasteiger partial charge in [0.25, 0.3) is 5.91 Å². The van der Waals surface area contributed by atoms with E-state index in [2.05, 4.69) is 0 Å². The Morgan fingerprint density at radius 3 is 2.72 bits per heavy atom. The molecule has 0 heterocycles. The van der Waals surface area contributed by atoms with Gasteiger partial charge in [-0.15, -0.1) is 0 Å². The van der Waals surface area contributed by atoms with Crippen LogP contribution in [0.5, 0.6) is 11.5 Å². The lowest BCUT2D eigenvalue weighted by atomic mass is 10.2. The maximum atomic E-state index is 10.7. The Morgan fingerprint density at radius 1 is 1.44 bits per heavy atom. The SMILES string of the molecule is CCOc1cc(C[NH2+]C)cc(Cl)c1OCC(N)=O. The number of ether oxygens (including phenoxy) is 2. The van der Waals surface area contributed by atoms with Crippen LogP contribution in [0.15, 0.2) is 12.1 Å². The number of carbonyl (C=O) groups excluding carboxylic acids is 1. The molecule has 0 saturated carbocycles. The van der Waals surface area contributed by atoms with E-state index in [0.717, 1.165) is 12.1 Å². The maximum Gasteiger partial charge on any atom is 0.255 e. The quantitative estimate of drug-likeness (QED) is 0.750. The van der Waals surface area contributed by atoms with Crippen LogP contribution in [0.25, 0.3) is 0 Å². The maximum absolute atomic E-state index is 10.7. The third-order valence-electron chi connectivity index (χ3n) is 2.17. The van der Waals surface area contributed by atoms with E-state index >= 15 is 0 Å². The van der Waals surface area contributed by atoms with Gasteiger partial charge in [0.15, 0.2) is 18.1 Å². The summed E-state index contributed by atoms with van der Waals surface area (Å²) in [5, 5.41) is 2.43. The number of primary amides is 1. The predicted octanol–water partition coefficient (Wildman–Crippen LogP) is 0.296. The van der Waals surface area contributed by atoms with E-state index < -0.39 is 5.91 Å². The van der Waals surface area contributed by atoms with Crippen LogP contribution in [0, 0.1) is 0 Å². The van der Waals surface area contributed by atoms with Crippen molar-refractivity contribution in [3.05, 3.63) is 22.7 Å². The number of hydrogen-bond acceptors (Lipinski definition) is 3. The summed E-state index contributed by atoms with van der Waals surface area (Å²) in [5.41, 5.74) is 6.06. The fraction of sp³-hybridized carbons (Fsp3) is 0.417. The number of nitrogens with two attached hydrogens (primary N) is 2. The molecular weight excluding hydrogens is 256 g/mol. The first-order valence-corrected chi connectivity index (χ1v) is 6.10. The smallest absolute Gasteiger partial charge is 0.255 e. The molecule has 0 atom stereocenters. The number of rotatable bonds is 7. The fourth-order valence-corrected chi connectivity index (χ4v) is 1.81. The summed E-state index contributed by atoms with van der Waals surface area (Å²) in [7, 11) is 1.96. The van der Waals surface area contributed by atoms with Gasteiger partial charge in [0, 0.05) is 5.56 Å². The number of quaternary nitrogens is 1. The molecular formula is C12H18ClN2O3+. The molecule has 1 aromatic carbocycles. The molecule has 0 aliphatic heterocycles. The molecule has 5 nitrogen and oxygen atoms in total. The molecule has 4 N–H and O–H groups in total. The Labute approximate surface area is 111 Å². The molecule has 0 radical (unpaired) electrons. The van der Waals surface area contributed by atoms with Crippen LogP contribution in [0.2, 0.25) is 5.02 Å². The second-order valence-corrected chi connectivity index (χ2v) is 4.11. The molecule has 0 saturated heterocycles. The minimum atomic E-state index is -0.556. The van der Waals surface area contributed by atoms with E-state index in [1.807, 2.05) is 25.4 Å². The van der Waals surface area contributed by atoms with Crippen LogP contribution < -0.4 is 20.5 Å². The first-order chi connectivity index (χ1) is 8.58. The van der Waals surface area contributed by atoms with Gasteiger partial charge >= 0.3 is 0 Å². The van der Waals surface area contributed by atoms with Gasteiger partial charge in [-0.05, 0) is 19.1 Å². The molecule has 0 bridgehead atoms. The van der Waals surface area contributed by atoms with Gasteiger partial charge in [0.05, 0.1) is 18.7 Å². The van der Waals surface area contributed by atoms with Crippen LogP contribution >= 0.6 is 11.6 Å². The van der Waals surface area contributed by atoms with Crippen molar-refractivity contribution in [2.24, 2.45) is 5.73 Å². The van der Waals surface area contributed by atoms with Crippen LogP contribution in [0.4, 0.5) is 0 Å². The van der Waals surface area contributed by atoms with E-state index in [0.29, 0.717) is 23.1 Å². The molecule has 1 aromatic rings. The van der Waals surface area contributed by atoms with E-state index in [4.69, 9.17) is 26.8 Å². The van der Waals surface area contributed by atoms with E-state index in [1.165, 1.54) is 0 Å². The zero-order chi connectivity index (χ0) is 13.5. The zero-order valence-corrected chi connectivity index (χ0v) is 11.3. The summed E-state index contributed by atoms with van der Waals surface area (Å²) in [6, 6.07) is 3.64. The van der Waals surface area contributed by atoms with E-state index in [1.54, 1.807) is 6.07 Å². The minimum Gasteiger partial charge on any atom is -0.490 e. The lowest BCUT2D eigenvalue weighted by Gasteiger charge is -2.13. The first kappa shape index (κ1) is 14.6. The van der Waals surface area contributed by atoms with Crippen molar-refractivity contribution in [2.45, 2.75) is 13.5 Å². The summed E-state index contributed by atoms with van der Waals surface area (Å²) in [5.74, 6) is 0.333. The summed E-state index contributed by atoms with van der Waals surface area (Å²) in [4.78, 5) is 10.7. The molecule has 0 aliphatic rings. The topological polar surface area (TPSA) is 78.2 Å². The lowest BCUT2D eigenvalue weighted by molar-refractivity contribution is -0.643. The van der Waals surface area contributed by atoms with Crippen LogP contribution in [-0.4, -0.2) is 26.2 Å². The Kier molecular flexibility index (Phi) is 5.74. The van der Waals surface area contributed by atoms with Gasteiger partial charge in [0.2, 0.25) is 0 Å². The zero-order valence-electron chi connectivity index (χ0n) is 10.5. The molecule has 0 aromatic heterocycles. The summed E-state index contributed by atoms with van der Waals surface area (Å²) < 4.78 is 10.7. The number of benzene rings is 1. The normalized spacial score (nSPS) is 10.2. The van der Waals surface area contributed by atoms with Gasteiger partial charge in [0.1, 0.15) is 6.54 Å². The van der Waals surface area contributed by atoms with Crippen molar-refractivity contribution < 1.29 is 19.6 Å². The predicted molar refractivity (Wildman–Crippen MR) is 68.9 cm³/mol. The molecule has 1 amide bonds. The monoisotopic (exact) mass is 273 g/mol. The molecule has 0 unspecified atom stereocenters. The van der Waals surface area contributed by atoms with Gasteiger partial charge in [-0.25, -0.2) is 0 Å².